The molecule has 0 saturated heterocycles. The molecule has 0 aliphatic carbocycles. The highest BCUT2D eigenvalue weighted by Gasteiger charge is 2.09. The number of fused-ring (bicyclic) bond motifs is 1. The normalized spacial score (nSPS) is 12.4. The number of rotatable bonds is 4. The molecule has 0 saturated carbocycles. The van der Waals surface area contributed by atoms with E-state index in [0.29, 0.717) is 18.4 Å². The first-order valence-corrected chi connectivity index (χ1v) is 6.93. The zero-order valence-corrected chi connectivity index (χ0v) is 11.5. The van der Waals surface area contributed by atoms with E-state index in [1.165, 1.54) is 4.68 Å². The van der Waals surface area contributed by atoms with Gasteiger partial charge in [-0.25, -0.2) is 4.68 Å². The van der Waals surface area contributed by atoms with Crippen LogP contribution in [0.2, 0.25) is 0 Å². The molecule has 106 valence electrons. The lowest BCUT2D eigenvalue weighted by molar-refractivity contribution is 0.159. The van der Waals surface area contributed by atoms with Crippen molar-refractivity contribution >= 4 is 10.8 Å². The number of hydrogen-bond donors (Lipinski definition) is 1. The van der Waals surface area contributed by atoms with Gasteiger partial charge in [0.1, 0.15) is 0 Å². The summed E-state index contributed by atoms with van der Waals surface area (Å²) in [5.74, 6) is 0. The van der Waals surface area contributed by atoms with Crippen LogP contribution >= 0.6 is 0 Å². The highest BCUT2D eigenvalue weighted by Crippen LogP contribution is 2.16. The van der Waals surface area contributed by atoms with Crippen LogP contribution in [-0.4, -0.2) is 14.9 Å². The van der Waals surface area contributed by atoms with Gasteiger partial charge < -0.3 is 5.11 Å². The first kappa shape index (κ1) is 13.5. The van der Waals surface area contributed by atoms with Gasteiger partial charge in [0.25, 0.3) is 5.56 Å². The Morgan fingerprint density at radius 3 is 2.57 bits per heavy atom. The summed E-state index contributed by atoms with van der Waals surface area (Å²) in [6.45, 7) is 0.389. The van der Waals surface area contributed by atoms with Crippen molar-refractivity contribution in [1.82, 2.24) is 9.78 Å². The molecule has 0 aliphatic rings. The van der Waals surface area contributed by atoms with Gasteiger partial charge >= 0.3 is 0 Å². The third kappa shape index (κ3) is 2.85. The molecule has 3 rings (SSSR count). The molecule has 2 aromatic carbocycles. The maximum atomic E-state index is 12.3. The lowest BCUT2D eigenvalue weighted by Crippen LogP contribution is -2.23. The second-order valence-electron chi connectivity index (χ2n) is 4.98. The van der Waals surface area contributed by atoms with E-state index in [9.17, 15) is 9.90 Å². The van der Waals surface area contributed by atoms with Gasteiger partial charge in [-0.15, -0.1) is 0 Å². The summed E-state index contributed by atoms with van der Waals surface area (Å²) in [7, 11) is 0. The van der Waals surface area contributed by atoms with E-state index in [2.05, 4.69) is 5.10 Å². The first-order valence-electron chi connectivity index (χ1n) is 6.93. The molecule has 0 aliphatic heterocycles. The Balaban J connectivity index is 1.80. The van der Waals surface area contributed by atoms with Crippen LogP contribution in [0, 0.1) is 0 Å². The van der Waals surface area contributed by atoms with Crippen molar-refractivity contribution in [3.63, 3.8) is 0 Å². The Bertz CT molecular complexity index is 796. The van der Waals surface area contributed by atoms with Gasteiger partial charge in [0.05, 0.1) is 17.7 Å². The van der Waals surface area contributed by atoms with E-state index in [0.717, 1.165) is 10.9 Å². The molecule has 1 atom stereocenters. The molecule has 0 radical (unpaired) electrons. The van der Waals surface area contributed by atoms with Gasteiger partial charge in [0.15, 0.2) is 0 Å². The van der Waals surface area contributed by atoms with Crippen molar-refractivity contribution in [3.8, 4) is 0 Å². The van der Waals surface area contributed by atoms with E-state index in [4.69, 9.17) is 0 Å². The predicted octanol–water partition coefficient (Wildman–Crippen LogP) is 2.52. The quantitative estimate of drug-likeness (QED) is 0.799. The summed E-state index contributed by atoms with van der Waals surface area (Å²) in [5.41, 5.74) is 0.736. The fraction of sp³-hybridized carbons (Fsp3) is 0.176. The largest absolute Gasteiger partial charge is 0.388 e. The zero-order valence-electron chi connectivity index (χ0n) is 11.5. The maximum absolute atomic E-state index is 12.3. The Labute approximate surface area is 122 Å². The van der Waals surface area contributed by atoms with Crippen molar-refractivity contribution < 1.29 is 5.11 Å². The van der Waals surface area contributed by atoms with Crippen molar-refractivity contribution in [2.45, 2.75) is 19.1 Å². The highest BCUT2D eigenvalue weighted by atomic mass is 16.3. The summed E-state index contributed by atoms with van der Waals surface area (Å²) in [6, 6.07) is 16.8. The van der Waals surface area contributed by atoms with Crippen molar-refractivity contribution in [2.24, 2.45) is 0 Å². The van der Waals surface area contributed by atoms with Crippen LogP contribution in [0.3, 0.4) is 0 Å². The monoisotopic (exact) mass is 280 g/mol. The number of benzene rings is 2. The second kappa shape index (κ2) is 5.89. The summed E-state index contributed by atoms with van der Waals surface area (Å²) in [5, 5.41) is 15.8. The van der Waals surface area contributed by atoms with Crippen LogP contribution in [0.1, 0.15) is 18.1 Å². The lowest BCUT2D eigenvalue weighted by atomic mass is 10.1. The molecule has 3 aromatic rings. The van der Waals surface area contributed by atoms with Gasteiger partial charge in [-0.1, -0.05) is 48.5 Å². The number of hydrogen-bond acceptors (Lipinski definition) is 3. The molecule has 4 heteroatoms. The summed E-state index contributed by atoms with van der Waals surface area (Å²) in [6.07, 6.45) is 1.55. The van der Waals surface area contributed by atoms with Crippen LogP contribution in [-0.2, 0) is 6.54 Å². The second-order valence-corrected chi connectivity index (χ2v) is 4.98. The first-order chi connectivity index (χ1) is 10.3. The lowest BCUT2D eigenvalue weighted by Gasteiger charge is -2.11. The van der Waals surface area contributed by atoms with E-state index in [1.807, 2.05) is 48.5 Å². The van der Waals surface area contributed by atoms with Gasteiger partial charge in [0.2, 0.25) is 0 Å². The fourth-order valence-corrected chi connectivity index (χ4v) is 2.37. The number of aliphatic hydroxyl groups is 1. The van der Waals surface area contributed by atoms with E-state index >= 15 is 0 Å². The molecule has 1 heterocycles. The summed E-state index contributed by atoms with van der Waals surface area (Å²) < 4.78 is 1.41. The Hall–Kier alpha value is -2.46. The molecule has 0 spiro atoms. The Morgan fingerprint density at radius 1 is 1.05 bits per heavy atom. The van der Waals surface area contributed by atoms with Crippen molar-refractivity contribution in [3.05, 3.63) is 76.7 Å². The molecule has 0 bridgehead atoms. The molecule has 21 heavy (non-hydrogen) atoms. The van der Waals surface area contributed by atoms with Crippen molar-refractivity contribution in [2.75, 3.05) is 0 Å². The van der Waals surface area contributed by atoms with E-state index in [-0.39, 0.29) is 5.56 Å². The average molecular weight is 280 g/mol. The topological polar surface area (TPSA) is 55.1 Å². The minimum absolute atomic E-state index is 0.117. The summed E-state index contributed by atoms with van der Waals surface area (Å²) >= 11 is 0. The molecule has 1 unspecified atom stereocenters. The standard InChI is InChI=1S/C17H16N2O2/c20-16(13-6-2-1-3-7-13)10-11-19-17(21)15-9-5-4-8-14(15)12-18-19/h1-9,12,16,20H,10-11H2. The fourth-order valence-electron chi connectivity index (χ4n) is 2.37. The maximum Gasteiger partial charge on any atom is 0.274 e. The van der Waals surface area contributed by atoms with Crippen LogP contribution in [0.4, 0.5) is 0 Å². The molecule has 1 aromatic heterocycles. The minimum Gasteiger partial charge on any atom is -0.388 e. The average Bonchev–Trinajstić information content (AvgIpc) is 2.55. The van der Waals surface area contributed by atoms with Crippen LogP contribution < -0.4 is 5.56 Å². The van der Waals surface area contributed by atoms with E-state index < -0.39 is 6.10 Å². The smallest absolute Gasteiger partial charge is 0.274 e. The van der Waals surface area contributed by atoms with Gasteiger partial charge in [-0.05, 0) is 18.1 Å². The Kier molecular flexibility index (Phi) is 3.79. The van der Waals surface area contributed by atoms with Crippen LogP contribution in [0.5, 0.6) is 0 Å². The van der Waals surface area contributed by atoms with Crippen molar-refractivity contribution in [1.29, 1.82) is 0 Å². The number of nitrogens with zero attached hydrogens (tertiary/aromatic N) is 2. The summed E-state index contributed by atoms with van der Waals surface area (Å²) in [4.78, 5) is 12.3. The predicted molar refractivity (Wildman–Crippen MR) is 82.0 cm³/mol. The number of aliphatic hydroxyl groups excluding tert-OH is 1. The van der Waals surface area contributed by atoms with Gasteiger partial charge in [-0.3, -0.25) is 4.79 Å². The van der Waals surface area contributed by atoms with Crippen LogP contribution in [0.15, 0.2) is 65.6 Å². The highest BCUT2D eigenvalue weighted by molar-refractivity contribution is 5.80. The number of aromatic nitrogens is 2. The molecular formula is C17H16N2O2. The minimum atomic E-state index is -0.591. The molecular weight excluding hydrogens is 264 g/mol. The van der Waals surface area contributed by atoms with Gasteiger partial charge in [-0.2, -0.15) is 5.10 Å². The third-order valence-corrected chi connectivity index (χ3v) is 3.56. The van der Waals surface area contributed by atoms with E-state index in [1.54, 1.807) is 12.3 Å². The SMILES string of the molecule is O=c1c2ccccc2cnn1CCC(O)c1ccccc1. The molecule has 4 nitrogen and oxygen atoms in total. The Morgan fingerprint density at radius 2 is 1.76 bits per heavy atom. The molecule has 1 N–H and O–H groups in total. The molecule has 0 amide bonds. The van der Waals surface area contributed by atoms with Crippen LogP contribution in [0.25, 0.3) is 10.8 Å². The third-order valence-electron chi connectivity index (χ3n) is 3.56. The number of aryl methyl sites for hydroxylation is 1. The molecule has 0 fully saturated rings. The zero-order chi connectivity index (χ0) is 14.7. The van der Waals surface area contributed by atoms with Gasteiger partial charge in [0, 0.05) is 11.9 Å².